The zero-order valence-corrected chi connectivity index (χ0v) is 12.5. The number of aliphatic hydroxyl groups is 1. The number of hydrogen-bond donors (Lipinski definition) is 3. The normalized spacial score (nSPS) is 18.5. The molecule has 3 N–H and O–H groups in total. The third kappa shape index (κ3) is 2.49. The summed E-state index contributed by atoms with van der Waals surface area (Å²) in [6.45, 7) is 1.07. The Morgan fingerprint density at radius 1 is 1.35 bits per heavy atom. The molecule has 1 aliphatic rings. The molecule has 1 fully saturated rings. The molecule has 118 valence electrons. The number of hydrogen-bond acceptors (Lipinski definition) is 4. The first-order valence-electron chi connectivity index (χ1n) is 7.66. The van der Waals surface area contributed by atoms with Gasteiger partial charge in [0.15, 0.2) is 0 Å². The lowest BCUT2D eigenvalue weighted by Gasteiger charge is -2.29. The van der Waals surface area contributed by atoms with Crippen molar-refractivity contribution in [1.82, 2.24) is 24.8 Å². The highest BCUT2D eigenvalue weighted by Gasteiger charge is 2.24. The molecule has 0 aromatic carbocycles. The van der Waals surface area contributed by atoms with E-state index in [0.717, 1.165) is 35.1 Å². The average molecular weight is 311 g/mol. The summed E-state index contributed by atoms with van der Waals surface area (Å²) in [5.74, 6) is -0.0885. The van der Waals surface area contributed by atoms with Crippen molar-refractivity contribution in [3.05, 3.63) is 36.5 Å². The van der Waals surface area contributed by atoms with Gasteiger partial charge in [-0.3, -0.25) is 4.79 Å². The van der Waals surface area contributed by atoms with E-state index < -0.39 is 6.10 Å². The first-order chi connectivity index (χ1) is 11.2. The molecule has 3 aromatic heterocycles. The Kier molecular flexibility index (Phi) is 3.34. The van der Waals surface area contributed by atoms with Crippen molar-refractivity contribution in [2.24, 2.45) is 0 Å². The lowest BCUT2D eigenvalue weighted by atomic mass is 10.1. The number of carbonyl (C=O) groups excluding carboxylic acids is 1. The highest BCUT2D eigenvalue weighted by Crippen LogP contribution is 2.26. The van der Waals surface area contributed by atoms with Crippen LogP contribution in [0, 0.1) is 0 Å². The average Bonchev–Trinajstić information content (AvgIpc) is 3.23. The zero-order chi connectivity index (χ0) is 15.8. The number of fused-ring (bicyclic) bond motifs is 1. The highest BCUT2D eigenvalue weighted by atomic mass is 16.3. The van der Waals surface area contributed by atoms with E-state index in [-0.39, 0.29) is 5.91 Å². The first kappa shape index (κ1) is 14.0. The van der Waals surface area contributed by atoms with E-state index in [1.807, 2.05) is 12.3 Å². The van der Waals surface area contributed by atoms with Crippen LogP contribution < -0.4 is 0 Å². The summed E-state index contributed by atoms with van der Waals surface area (Å²) in [4.78, 5) is 28.8. The molecule has 1 atom stereocenters. The molecule has 7 heteroatoms. The summed E-state index contributed by atoms with van der Waals surface area (Å²) in [6, 6.07) is 3.72. The number of nitrogens with zero attached hydrogens (tertiary/aromatic N) is 3. The second-order valence-corrected chi connectivity index (χ2v) is 5.81. The number of H-pyrrole nitrogens is 2. The van der Waals surface area contributed by atoms with Gasteiger partial charge in [-0.2, -0.15) is 0 Å². The fourth-order valence-corrected chi connectivity index (χ4v) is 3.07. The topological polar surface area (TPSA) is 97.9 Å². The van der Waals surface area contributed by atoms with Crippen molar-refractivity contribution in [1.29, 1.82) is 0 Å². The fraction of sp³-hybridized carbons (Fsp3) is 0.312. The maximum absolute atomic E-state index is 12.5. The largest absolute Gasteiger partial charge is 0.391 e. The van der Waals surface area contributed by atoms with Crippen LogP contribution in [0.4, 0.5) is 0 Å². The number of rotatable bonds is 2. The van der Waals surface area contributed by atoms with Crippen LogP contribution in [-0.4, -0.2) is 55.0 Å². The molecule has 4 heterocycles. The number of β-amino-alcohol motifs (C(OH)–C–C–N with tert-alkyl or cyclic N) is 1. The molecule has 1 amide bonds. The molecule has 7 nitrogen and oxygen atoms in total. The Labute approximate surface area is 132 Å². The van der Waals surface area contributed by atoms with Gasteiger partial charge in [0, 0.05) is 36.4 Å². The van der Waals surface area contributed by atoms with Crippen molar-refractivity contribution in [3.63, 3.8) is 0 Å². The molecule has 1 unspecified atom stereocenters. The molecular formula is C16H17N5O2. The van der Waals surface area contributed by atoms with Gasteiger partial charge in [0.1, 0.15) is 17.7 Å². The van der Waals surface area contributed by atoms with Crippen LogP contribution in [0.2, 0.25) is 0 Å². The minimum absolute atomic E-state index is 0.0885. The Morgan fingerprint density at radius 2 is 2.26 bits per heavy atom. The van der Waals surface area contributed by atoms with Crippen LogP contribution in [0.5, 0.6) is 0 Å². The maximum atomic E-state index is 12.5. The minimum atomic E-state index is -0.427. The van der Waals surface area contributed by atoms with Crippen molar-refractivity contribution >= 4 is 16.9 Å². The Balaban J connectivity index is 1.64. The van der Waals surface area contributed by atoms with Gasteiger partial charge in [0.25, 0.3) is 5.91 Å². The Morgan fingerprint density at radius 3 is 3.13 bits per heavy atom. The lowest BCUT2D eigenvalue weighted by Crippen LogP contribution is -2.42. The number of piperidine rings is 1. The van der Waals surface area contributed by atoms with Gasteiger partial charge >= 0.3 is 0 Å². The van der Waals surface area contributed by atoms with Gasteiger partial charge in [-0.1, -0.05) is 0 Å². The summed E-state index contributed by atoms with van der Waals surface area (Å²) in [5.41, 5.74) is 2.91. The van der Waals surface area contributed by atoms with Crippen LogP contribution in [0.1, 0.15) is 23.3 Å². The second kappa shape index (κ2) is 5.51. The number of aromatic nitrogens is 4. The van der Waals surface area contributed by atoms with E-state index in [1.165, 1.54) is 6.33 Å². The van der Waals surface area contributed by atoms with Gasteiger partial charge in [-0.05, 0) is 25.0 Å². The standard InChI is InChI=1S/C16H17N5O2/c22-11-2-1-5-21(8-11)16(23)13-6-10(7-18-13)14-12-3-4-17-15(12)20-9-19-14/h3-4,6-7,9,11,18,22H,1-2,5,8H2,(H,17,19,20). The van der Waals surface area contributed by atoms with Gasteiger partial charge in [0.2, 0.25) is 0 Å². The summed E-state index contributed by atoms with van der Waals surface area (Å²) in [5, 5.41) is 10.6. The SMILES string of the molecule is O=C(c1cc(-c2ncnc3[nH]ccc23)c[nH]1)N1CCCC(O)C1. The third-order valence-corrected chi connectivity index (χ3v) is 4.22. The molecule has 0 radical (unpaired) electrons. The van der Waals surface area contributed by atoms with E-state index >= 15 is 0 Å². The third-order valence-electron chi connectivity index (χ3n) is 4.22. The summed E-state index contributed by atoms with van der Waals surface area (Å²) in [7, 11) is 0. The number of aliphatic hydroxyl groups excluding tert-OH is 1. The predicted octanol–water partition coefficient (Wildman–Crippen LogP) is 1.55. The van der Waals surface area contributed by atoms with E-state index in [0.29, 0.717) is 18.8 Å². The molecular weight excluding hydrogens is 294 g/mol. The number of aromatic amines is 2. The van der Waals surface area contributed by atoms with Crippen molar-refractivity contribution in [2.75, 3.05) is 13.1 Å². The van der Waals surface area contributed by atoms with Crippen LogP contribution in [-0.2, 0) is 0 Å². The van der Waals surface area contributed by atoms with Gasteiger partial charge in [0.05, 0.1) is 11.8 Å². The van der Waals surface area contributed by atoms with Crippen LogP contribution >= 0.6 is 0 Å². The minimum Gasteiger partial charge on any atom is -0.391 e. The molecule has 0 bridgehead atoms. The van der Waals surface area contributed by atoms with Gasteiger partial charge in [-0.15, -0.1) is 0 Å². The molecule has 0 spiro atoms. The fourth-order valence-electron chi connectivity index (χ4n) is 3.07. The number of likely N-dealkylation sites (tertiary alicyclic amines) is 1. The summed E-state index contributed by atoms with van der Waals surface area (Å²) >= 11 is 0. The number of nitrogens with one attached hydrogen (secondary N) is 2. The van der Waals surface area contributed by atoms with E-state index in [2.05, 4.69) is 19.9 Å². The molecule has 4 rings (SSSR count). The van der Waals surface area contributed by atoms with E-state index in [4.69, 9.17) is 0 Å². The first-order valence-corrected chi connectivity index (χ1v) is 7.66. The maximum Gasteiger partial charge on any atom is 0.270 e. The Bertz CT molecular complexity index is 853. The van der Waals surface area contributed by atoms with Crippen molar-refractivity contribution in [2.45, 2.75) is 18.9 Å². The molecule has 0 saturated carbocycles. The van der Waals surface area contributed by atoms with E-state index in [1.54, 1.807) is 17.2 Å². The van der Waals surface area contributed by atoms with Crippen LogP contribution in [0.3, 0.4) is 0 Å². The number of amides is 1. The van der Waals surface area contributed by atoms with E-state index in [9.17, 15) is 9.90 Å². The molecule has 3 aromatic rings. The quantitative estimate of drug-likeness (QED) is 0.669. The molecule has 1 saturated heterocycles. The molecule has 1 aliphatic heterocycles. The zero-order valence-electron chi connectivity index (χ0n) is 12.5. The monoisotopic (exact) mass is 311 g/mol. The lowest BCUT2D eigenvalue weighted by molar-refractivity contribution is 0.0469. The molecule has 23 heavy (non-hydrogen) atoms. The smallest absolute Gasteiger partial charge is 0.270 e. The molecule has 0 aliphatic carbocycles. The Hall–Kier alpha value is -2.67. The summed E-state index contributed by atoms with van der Waals surface area (Å²) in [6.07, 6.45) is 6.26. The van der Waals surface area contributed by atoms with Gasteiger partial charge < -0.3 is 20.0 Å². The van der Waals surface area contributed by atoms with Crippen molar-refractivity contribution < 1.29 is 9.90 Å². The number of carbonyl (C=O) groups is 1. The summed E-state index contributed by atoms with van der Waals surface area (Å²) < 4.78 is 0. The predicted molar refractivity (Wildman–Crippen MR) is 84.8 cm³/mol. The second-order valence-electron chi connectivity index (χ2n) is 5.81. The van der Waals surface area contributed by atoms with Crippen molar-refractivity contribution in [3.8, 4) is 11.3 Å². The van der Waals surface area contributed by atoms with Gasteiger partial charge in [-0.25, -0.2) is 9.97 Å². The van der Waals surface area contributed by atoms with Crippen LogP contribution in [0.15, 0.2) is 30.9 Å². The van der Waals surface area contributed by atoms with Crippen LogP contribution in [0.25, 0.3) is 22.3 Å². The highest BCUT2D eigenvalue weighted by molar-refractivity contribution is 5.96.